The second kappa shape index (κ2) is 13.3. The van der Waals surface area contributed by atoms with Gasteiger partial charge in [-0.05, 0) is 65.2 Å². The Hall–Kier alpha value is -3.65. The van der Waals surface area contributed by atoms with Crippen LogP contribution < -0.4 is 20.2 Å². The van der Waals surface area contributed by atoms with Crippen molar-refractivity contribution < 1.29 is 19.1 Å². The van der Waals surface area contributed by atoms with E-state index in [1.54, 1.807) is 6.07 Å². The van der Waals surface area contributed by atoms with Crippen molar-refractivity contribution >= 4 is 39.6 Å². The molecule has 3 aromatic carbocycles. The first-order valence-electron chi connectivity index (χ1n) is 11.3. The molecule has 0 aliphatic heterocycles. The van der Waals surface area contributed by atoms with Crippen molar-refractivity contribution in [1.29, 1.82) is 0 Å². The van der Waals surface area contributed by atoms with Gasteiger partial charge in [0, 0.05) is 18.5 Å². The molecule has 0 saturated heterocycles. The van der Waals surface area contributed by atoms with Gasteiger partial charge in [-0.15, -0.1) is 0 Å². The van der Waals surface area contributed by atoms with Gasteiger partial charge >= 0.3 is 0 Å². The highest BCUT2D eigenvalue weighted by Gasteiger charge is 2.12. The third-order valence-corrected chi connectivity index (χ3v) is 5.46. The van der Waals surface area contributed by atoms with E-state index in [2.05, 4.69) is 31.8 Å². The molecule has 0 unspecified atom stereocenters. The number of nitrogens with one attached hydrogen (secondary N) is 2. The summed E-state index contributed by atoms with van der Waals surface area (Å²) in [6, 6.07) is 20.9. The molecule has 182 valence electrons. The van der Waals surface area contributed by atoms with E-state index in [1.807, 2.05) is 74.5 Å². The van der Waals surface area contributed by atoms with Crippen molar-refractivity contribution in [2.45, 2.75) is 33.3 Å². The lowest BCUT2D eigenvalue weighted by Crippen LogP contribution is -2.20. The number of aryl methyl sites for hydroxylation is 1. The molecule has 0 fully saturated rings. The molecule has 0 atom stereocenters. The van der Waals surface area contributed by atoms with Crippen molar-refractivity contribution in [2.75, 3.05) is 11.9 Å². The van der Waals surface area contributed by atoms with E-state index in [4.69, 9.17) is 9.47 Å². The largest absolute Gasteiger partial charge is 0.490 e. The Morgan fingerprint density at radius 1 is 0.971 bits per heavy atom. The molecule has 2 amide bonds. The van der Waals surface area contributed by atoms with Crippen molar-refractivity contribution in [3.8, 4) is 11.5 Å². The molecule has 0 bridgehead atoms. The summed E-state index contributed by atoms with van der Waals surface area (Å²) in [5.74, 6) is 0.575. The molecule has 8 heteroatoms. The summed E-state index contributed by atoms with van der Waals surface area (Å²) in [6.45, 7) is 4.74. The first kappa shape index (κ1) is 26.0. The Morgan fingerprint density at radius 2 is 1.69 bits per heavy atom. The van der Waals surface area contributed by atoms with Gasteiger partial charge in [0.2, 0.25) is 11.8 Å². The summed E-state index contributed by atoms with van der Waals surface area (Å²) in [6.07, 6.45) is 1.59. The number of benzene rings is 3. The van der Waals surface area contributed by atoms with Crippen LogP contribution in [0.3, 0.4) is 0 Å². The molecule has 2 N–H and O–H groups in total. The molecule has 0 spiro atoms. The van der Waals surface area contributed by atoms with Crippen LogP contribution in [-0.2, 0) is 16.2 Å². The molecule has 0 aliphatic rings. The van der Waals surface area contributed by atoms with Gasteiger partial charge in [-0.1, -0.05) is 48.0 Å². The lowest BCUT2D eigenvalue weighted by atomic mass is 10.2. The SMILES string of the molecule is CCOc1cc(C=NNC(=O)CCC(=O)Nc2ccc(C)cc2)cc(Br)c1OCc1ccccc1. The Morgan fingerprint density at radius 3 is 2.40 bits per heavy atom. The highest BCUT2D eigenvalue weighted by molar-refractivity contribution is 9.10. The zero-order valence-electron chi connectivity index (χ0n) is 19.7. The number of anilines is 1. The van der Waals surface area contributed by atoms with Gasteiger partial charge < -0.3 is 14.8 Å². The molecule has 0 aliphatic carbocycles. The van der Waals surface area contributed by atoms with Gasteiger partial charge in [-0.2, -0.15) is 5.10 Å². The van der Waals surface area contributed by atoms with E-state index in [-0.39, 0.29) is 24.7 Å². The summed E-state index contributed by atoms with van der Waals surface area (Å²) in [4.78, 5) is 24.1. The van der Waals surface area contributed by atoms with Crippen LogP contribution in [0.15, 0.2) is 76.3 Å². The van der Waals surface area contributed by atoms with E-state index < -0.39 is 0 Å². The zero-order valence-corrected chi connectivity index (χ0v) is 21.3. The van der Waals surface area contributed by atoms with Crippen LogP contribution in [0.2, 0.25) is 0 Å². The van der Waals surface area contributed by atoms with Crippen LogP contribution in [-0.4, -0.2) is 24.6 Å². The van der Waals surface area contributed by atoms with Gasteiger partial charge in [0.15, 0.2) is 11.5 Å². The number of amides is 2. The molecule has 0 heterocycles. The van der Waals surface area contributed by atoms with Crippen molar-refractivity contribution in [1.82, 2.24) is 5.43 Å². The van der Waals surface area contributed by atoms with Crippen LogP contribution in [0.5, 0.6) is 11.5 Å². The van der Waals surface area contributed by atoms with E-state index in [1.165, 1.54) is 6.21 Å². The van der Waals surface area contributed by atoms with Gasteiger partial charge in [-0.3, -0.25) is 9.59 Å². The minimum absolute atomic E-state index is 0.0230. The molecule has 35 heavy (non-hydrogen) atoms. The first-order valence-corrected chi connectivity index (χ1v) is 12.1. The predicted molar refractivity (Wildman–Crippen MR) is 141 cm³/mol. The average molecular weight is 538 g/mol. The first-order chi connectivity index (χ1) is 16.9. The second-order valence-corrected chi connectivity index (χ2v) is 8.60. The highest BCUT2D eigenvalue weighted by Crippen LogP contribution is 2.37. The Bertz CT molecular complexity index is 1170. The summed E-state index contributed by atoms with van der Waals surface area (Å²) in [7, 11) is 0. The number of rotatable bonds is 11. The normalized spacial score (nSPS) is 10.7. The summed E-state index contributed by atoms with van der Waals surface area (Å²) in [5.41, 5.74) is 6.02. The maximum Gasteiger partial charge on any atom is 0.240 e. The Labute approximate surface area is 213 Å². The van der Waals surface area contributed by atoms with Crippen molar-refractivity contribution in [2.24, 2.45) is 5.10 Å². The molecular weight excluding hydrogens is 510 g/mol. The van der Waals surface area contributed by atoms with E-state index in [0.717, 1.165) is 11.1 Å². The maximum atomic E-state index is 12.1. The Kier molecular flexibility index (Phi) is 9.86. The number of hydrogen-bond donors (Lipinski definition) is 2. The zero-order chi connectivity index (χ0) is 25.0. The number of halogens is 1. The minimum Gasteiger partial charge on any atom is -0.490 e. The van der Waals surface area contributed by atoms with Gasteiger partial charge in [0.25, 0.3) is 0 Å². The minimum atomic E-state index is -0.354. The number of hydrogen-bond acceptors (Lipinski definition) is 5. The van der Waals surface area contributed by atoms with Crippen molar-refractivity contribution in [3.05, 3.63) is 87.9 Å². The van der Waals surface area contributed by atoms with Crippen LogP contribution in [0.1, 0.15) is 36.5 Å². The summed E-state index contributed by atoms with van der Waals surface area (Å²) < 4.78 is 12.4. The third-order valence-electron chi connectivity index (χ3n) is 4.88. The molecule has 3 aromatic rings. The quantitative estimate of drug-likeness (QED) is 0.246. The molecular formula is C27H28BrN3O4. The summed E-state index contributed by atoms with van der Waals surface area (Å²) >= 11 is 3.54. The lowest BCUT2D eigenvalue weighted by molar-refractivity contribution is -0.124. The lowest BCUT2D eigenvalue weighted by Gasteiger charge is -2.14. The predicted octanol–water partition coefficient (Wildman–Crippen LogP) is 5.60. The topological polar surface area (TPSA) is 89.0 Å². The fraction of sp³-hybridized carbons (Fsp3) is 0.222. The average Bonchev–Trinajstić information content (AvgIpc) is 2.84. The van der Waals surface area contributed by atoms with E-state index >= 15 is 0 Å². The van der Waals surface area contributed by atoms with Crippen LogP contribution in [0, 0.1) is 6.92 Å². The standard InChI is InChI=1S/C27H28BrN3O4/c1-3-34-24-16-21(15-23(28)27(24)35-18-20-7-5-4-6-8-20)17-29-31-26(33)14-13-25(32)30-22-11-9-19(2)10-12-22/h4-12,15-17H,3,13-14,18H2,1-2H3,(H,30,32)(H,31,33). The van der Waals surface area contributed by atoms with Gasteiger partial charge in [-0.25, -0.2) is 5.43 Å². The molecule has 0 aromatic heterocycles. The fourth-order valence-electron chi connectivity index (χ4n) is 3.12. The Balaban J connectivity index is 1.53. The molecule has 3 rings (SSSR count). The molecule has 0 radical (unpaired) electrons. The van der Waals surface area contributed by atoms with Gasteiger partial charge in [0.05, 0.1) is 17.3 Å². The number of carbonyl (C=O) groups is 2. The number of carbonyl (C=O) groups excluding carboxylic acids is 2. The van der Waals surface area contributed by atoms with Gasteiger partial charge in [0.1, 0.15) is 6.61 Å². The van der Waals surface area contributed by atoms with E-state index in [0.29, 0.717) is 40.4 Å². The number of ether oxygens (including phenoxy) is 2. The molecule has 7 nitrogen and oxygen atoms in total. The maximum absolute atomic E-state index is 12.1. The second-order valence-electron chi connectivity index (χ2n) is 7.74. The summed E-state index contributed by atoms with van der Waals surface area (Å²) in [5, 5.41) is 6.77. The number of nitrogens with zero attached hydrogens (tertiary/aromatic N) is 1. The smallest absolute Gasteiger partial charge is 0.240 e. The number of hydrazone groups is 1. The van der Waals surface area contributed by atoms with Crippen molar-refractivity contribution in [3.63, 3.8) is 0 Å². The molecule has 0 saturated carbocycles. The third kappa shape index (κ3) is 8.57. The fourth-order valence-corrected chi connectivity index (χ4v) is 3.69. The highest BCUT2D eigenvalue weighted by atomic mass is 79.9. The van der Waals surface area contributed by atoms with Crippen LogP contribution in [0.25, 0.3) is 0 Å². The van der Waals surface area contributed by atoms with Crippen LogP contribution in [0.4, 0.5) is 5.69 Å². The van der Waals surface area contributed by atoms with Crippen LogP contribution >= 0.6 is 15.9 Å². The van der Waals surface area contributed by atoms with E-state index in [9.17, 15) is 9.59 Å². The monoisotopic (exact) mass is 537 g/mol.